The van der Waals surface area contributed by atoms with Crippen LogP contribution in [-0.4, -0.2) is 9.97 Å². The van der Waals surface area contributed by atoms with Crippen molar-refractivity contribution < 1.29 is 13.5 Å². The number of aromatic nitrogens is 2. The maximum absolute atomic E-state index is 13.2. The van der Waals surface area contributed by atoms with Gasteiger partial charge in [0.25, 0.3) is 5.56 Å². The summed E-state index contributed by atoms with van der Waals surface area (Å²) >= 11 is 0. The highest BCUT2D eigenvalue weighted by Gasteiger charge is 2.08. The molecule has 6 heteroatoms. The number of benzene rings is 1. The molecule has 0 amide bonds. The standard InChI is InChI=1S/C11H8F2N2O2/c12-7-1-3-8(4-2-7)17-5-9-10(13)11(16)15-6-14-9/h1-4,6H,5H2,(H,14,15,16). The van der Waals surface area contributed by atoms with Crippen molar-refractivity contribution >= 4 is 0 Å². The van der Waals surface area contributed by atoms with Crippen molar-refractivity contribution in [3.05, 3.63) is 58.3 Å². The van der Waals surface area contributed by atoms with E-state index in [-0.39, 0.29) is 12.3 Å². The first-order chi connectivity index (χ1) is 8.16. The summed E-state index contributed by atoms with van der Waals surface area (Å²) in [4.78, 5) is 16.7. The second-order valence-corrected chi connectivity index (χ2v) is 3.23. The van der Waals surface area contributed by atoms with Crippen molar-refractivity contribution in [1.29, 1.82) is 0 Å². The van der Waals surface area contributed by atoms with Crippen LogP contribution in [0.1, 0.15) is 5.69 Å². The van der Waals surface area contributed by atoms with Crippen LogP contribution in [0.5, 0.6) is 5.75 Å². The van der Waals surface area contributed by atoms with Crippen LogP contribution in [0.3, 0.4) is 0 Å². The molecule has 0 atom stereocenters. The third kappa shape index (κ3) is 2.66. The molecule has 0 aliphatic heterocycles. The molecule has 1 aromatic heterocycles. The molecule has 0 aliphatic rings. The lowest BCUT2D eigenvalue weighted by Crippen LogP contribution is -2.16. The molecule has 0 saturated heterocycles. The summed E-state index contributed by atoms with van der Waals surface area (Å²) in [5.74, 6) is -1.000. The fourth-order valence-corrected chi connectivity index (χ4v) is 1.20. The Kier molecular flexibility index (Phi) is 3.13. The number of nitrogens with zero attached hydrogens (tertiary/aromatic N) is 1. The zero-order valence-corrected chi connectivity index (χ0v) is 8.61. The second-order valence-electron chi connectivity index (χ2n) is 3.23. The molecule has 2 aromatic rings. The predicted octanol–water partition coefficient (Wildman–Crippen LogP) is 1.63. The second kappa shape index (κ2) is 4.73. The summed E-state index contributed by atoms with van der Waals surface area (Å²) in [6, 6.07) is 5.24. The Morgan fingerprint density at radius 1 is 1.24 bits per heavy atom. The fraction of sp³-hybridized carbons (Fsp3) is 0.0909. The molecule has 2 rings (SSSR count). The number of hydrogen-bond acceptors (Lipinski definition) is 3. The van der Waals surface area contributed by atoms with E-state index >= 15 is 0 Å². The van der Waals surface area contributed by atoms with E-state index in [1.807, 2.05) is 0 Å². The van der Waals surface area contributed by atoms with Gasteiger partial charge >= 0.3 is 0 Å². The summed E-state index contributed by atoms with van der Waals surface area (Å²) in [6.45, 7) is -0.193. The van der Waals surface area contributed by atoms with Gasteiger partial charge in [-0.25, -0.2) is 9.37 Å². The normalized spacial score (nSPS) is 10.2. The minimum Gasteiger partial charge on any atom is -0.487 e. The average Bonchev–Trinajstić information content (AvgIpc) is 2.33. The monoisotopic (exact) mass is 238 g/mol. The lowest BCUT2D eigenvalue weighted by Gasteiger charge is -2.05. The minimum absolute atomic E-state index is 0.0990. The Hall–Kier alpha value is -2.24. The molecule has 0 saturated carbocycles. The summed E-state index contributed by atoms with van der Waals surface area (Å²) < 4.78 is 31.0. The van der Waals surface area contributed by atoms with Gasteiger partial charge in [0.2, 0.25) is 5.82 Å². The van der Waals surface area contributed by atoms with Crippen LogP contribution >= 0.6 is 0 Å². The van der Waals surface area contributed by atoms with Gasteiger partial charge in [0.15, 0.2) is 0 Å². The fourth-order valence-electron chi connectivity index (χ4n) is 1.20. The predicted molar refractivity (Wildman–Crippen MR) is 55.5 cm³/mol. The van der Waals surface area contributed by atoms with Gasteiger partial charge in [-0.2, -0.15) is 4.39 Å². The van der Waals surface area contributed by atoms with E-state index in [2.05, 4.69) is 9.97 Å². The Balaban J connectivity index is 2.10. The van der Waals surface area contributed by atoms with Crippen molar-refractivity contribution in [2.75, 3.05) is 0 Å². The Morgan fingerprint density at radius 2 is 1.94 bits per heavy atom. The molecule has 0 fully saturated rings. The SMILES string of the molecule is O=c1[nH]cnc(COc2ccc(F)cc2)c1F. The highest BCUT2D eigenvalue weighted by Crippen LogP contribution is 2.12. The first kappa shape index (κ1) is 11.3. The quantitative estimate of drug-likeness (QED) is 0.884. The molecule has 1 heterocycles. The van der Waals surface area contributed by atoms with Crippen LogP contribution in [0.4, 0.5) is 8.78 Å². The highest BCUT2D eigenvalue weighted by atomic mass is 19.1. The minimum atomic E-state index is -0.977. The van der Waals surface area contributed by atoms with Gasteiger partial charge in [0.1, 0.15) is 23.9 Å². The van der Waals surface area contributed by atoms with E-state index in [0.29, 0.717) is 5.75 Å². The van der Waals surface area contributed by atoms with Crippen molar-refractivity contribution in [3.63, 3.8) is 0 Å². The van der Waals surface area contributed by atoms with Gasteiger partial charge in [-0.1, -0.05) is 0 Å². The lowest BCUT2D eigenvalue weighted by molar-refractivity contribution is 0.292. The molecule has 4 nitrogen and oxygen atoms in total. The summed E-state index contributed by atoms with van der Waals surface area (Å²) in [6.07, 6.45) is 1.09. The van der Waals surface area contributed by atoms with E-state index < -0.39 is 17.2 Å². The van der Waals surface area contributed by atoms with Crippen LogP contribution in [-0.2, 0) is 6.61 Å². The third-order valence-electron chi connectivity index (χ3n) is 2.06. The van der Waals surface area contributed by atoms with E-state index in [9.17, 15) is 13.6 Å². The number of hydrogen-bond donors (Lipinski definition) is 1. The Labute approximate surface area is 94.9 Å². The first-order valence-corrected chi connectivity index (χ1v) is 4.77. The zero-order chi connectivity index (χ0) is 12.3. The van der Waals surface area contributed by atoms with Gasteiger partial charge in [-0.3, -0.25) is 4.79 Å². The number of aromatic amines is 1. The largest absolute Gasteiger partial charge is 0.487 e. The van der Waals surface area contributed by atoms with E-state index in [1.165, 1.54) is 24.3 Å². The van der Waals surface area contributed by atoms with E-state index in [0.717, 1.165) is 6.33 Å². The maximum Gasteiger partial charge on any atom is 0.287 e. The summed E-state index contributed by atoms with van der Waals surface area (Å²) in [5, 5.41) is 0. The van der Waals surface area contributed by atoms with E-state index in [4.69, 9.17) is 4.74 Å². The molecule has 0 spiro atoms. The van der Waals surface area contributed by atoms with Gasteiger partial charge in [-0.15, -0.1) is 0 Å². The molecule has 0 bridgehead atoms. The Morgan fingerprint density at radius 3 is 2.65 bits per heavy atom. The molecule has 1 N–H and O–H groups in total. The van der Waals surface area contributed by atoms with Crippen LogP contribution in [0, 0.1) is 11.6 Å². The number of nitrogens with one attached hydrogen (secondary N) is 1. The summed E-state index contributed by atoms with van der Waals surface area (Å²) in [7, 11) is 0. The van der Waals surface area contributed by atoms with Gasteiger partial charge in [-0.05, 0) is 24.3 Å². The van der Waals surface area contributed by atoms with Crippen molar-refractivity contribution in [2.45, 2.75) is 6.61 Å². The molecule has 17 heavy (non-hydrogen) atoms. The topological polar surface area (TPSA) is 55.0 Å². The van der Waals surface area contributed by atoms with Crippen LogP contribution in [0.25, 0.3) is 0 Å². The third-order valence-corrected chi connectivity index (χ3v) is 2.06. The Bertz CT molecular complexity index is 566. The van der Waals surface area contributed by atoms with Crippen LogP contribution in [0.2, 0.25) is 0 Å². The maximum atomic E-state index is 13.2. The van der Waals surface area contributed by atoms with Gasteiger partial charge < -0.3 is 9.72 Å². The molecule has 88 valence electrons. The highest BCUT2D eigenvalue weighted by molar-refractivity contribution is 5.22. The number of ether oxygens (including phenoxy) is 1. The number of rotatable bonds is 3. The average molecular weight is 238 g/mol. The van der Waals surface area contributed by atoms with Gasteiger partial charge in [0, 0.05) is 0 Å². The van der Waals surface area contributed by atoms with Crippen molar-refractivity contribution in [2.24, 2.45) is 0 Å². The number of halogens is 2. The zero-order valence-electron chi connectivity index (χ0n) is 8.61. The summed E-state index contributed by atoms with van der Waals surface area (Å²) in [5.41, 5.74) is -0.948. The molecule has 0 aliphatic carbocycles. The molecule has 1 aromatic carbocycles. The first-order valence-electron chi connectivity index (χ1n) is 4.77. The smallest absolute Gasteiger partial charge is 0.287 e. The molecular formula is C11H8F2N2O2. The van der Waals surface area contributed by atoms with Crippen LogP contribution < -0.4 is 10.3 Å². The van der Waals surface area contributed by atoms with Crippen LogP contribution in [0.15, 0.2) is 35.4 Å². The van der Waals surface area contributed by atoms with Crippen molar-refractivity contribution in [3.8, 4) is 5.75 Å². The molecule has 0 unspecified atom stereocenters. The van der Waals surface area contributed by atoms with Crippen molar-refractivity contribution in [1.82, 2.24) is 9.97 Å². The van der Waals surface area contributed by atoms with E-state index in [1.54, 1.807) is 0 Å². The van der Waals surface area contributed by atoms with Gasteiger partial charge in [0.05, 0.1) is 6.33 Å². The molecular weight excluding hydrogens is 230 g/mol. The number of H-pyrrole nitrogens is 1. The molecule has 0 radical (unpaired) electrons. The lowest BCUT2D eigenvalue weighted by atomic mass is 10.3.